The predicted octanol–water partition coefficient (Wildman–Crippen LogP) is 3.60. The SMILES string of the molecule is CCCOc1ccc(C(=O)NC(=S)Nc2ccc(I)cn2)cc1. The number of halogens is 1. The molecule has 0 radical (unpaired) electrons. The Morgan fingerprint density at radius 2 is 2.00 bits per heavy atom. The lowest BCUT2D eigenvalue weighted by atomic mass is 10.2. The first kappa shape index (κ1) is 17.6. The molecule has 0 fully saturated rings. The van der Waals surface area contributed by atoms with Crippen molar-refractivity contribution in [1.29, 1.82) is 0 Å². The maximum Gasteiger partial charge on any atom is 0.257 e. The largest absolute Gasteiger partial charge is 0.494 e. The van der Waals surface area contributed by atoms with E-state index < -0.39 is 0 Å². The van der Waals surface area contributed by atoms with Crippen LogP contribution in [0.5, 0.6) is 5.75 Å². The summed E-state index contributed by atoms with van der Waals surface area (Å²) in [4.78, 5) is 16.3. The Kier molecular flexibility index (Phi) is 6.72. The molecule has 0 unspecified atom stereocenters. The van der Waals surface area contributed by atoms with Crippen molar-refractivity contribution >= 4 is 51.6 Å². The number of nitrogens with one attached hydrogen (secondary N) is 2. The number of pyridine rings is 1. The zero-order valence-electron chi connectivity index (χ0n) is 12.5. The second-order valence-corrected chi connectivity index (χ2v) is 6.30. The van der Waals surface area contributed by atoms with E-state index in [1.807, 2.05) is 13.0 Å². The van der Waals surface area contributed by atoms with Gasteiger partial charge in [-0.25, -0.2) is 4.98 Å². The van der Waals surface area contributed by atoms with Gasteiger partial charge in [-0.05, 0) is 77.6 Å². The zero-order chi connectivity index (χ0) is 16.7. The lowest BCUT2D eigenvalue weighted by Gasteiger charge is -2.09. The maximum absolute atomic E-state index is 12.1. The van der Waals surface area contributed by atoms with Crippen LogP contribution >= 0.6 is 34.8 Å². The molecule has 0 saturated carbocycles. The minimum Gasteiger partial charge on any atom is -0.494 e. The number of aromatic nitrogens is 1. The first-order chi connectivity index (χ1) is 11.1. The summed E-state index contributed by atoms with van der Waals surface area (Å²) in [7, 11) is 0. The van der Waals surface area contributed by atoms with E-state index in [9.17, 15) is 4.79 Å². The molecule has 0 saturated heterocycles. The average molecular weight is 441 g/mol. The van der Waals surface area contributed by atoms with Crippen LogP contribution in [0.3, 0.4) is 0 Å². The van der Waals surface area contributed by atoms with Crippen molar-refractivity contribution < 1.29 is 9.53 Å². The second-order valence-electron chi connectivity index (χ2n) is 4.64. The topological polar surface area (TPSA) is 63.2 Å². The summed E-state index contributed by atoms with van der Waals surface area (Å²) in [6, 6.07) is 10.6. The molecular weight excluding hydrogens is 425 g/mol. The van der Waals surface area contributed by atoms with Crippen LogP contribution in [0.4, 0.5) is 5.82 Å². The Balaban J connectivity index is 1.90. The molecule has 0 spiro atoms. The van der Waals surface area contributed by atoms with Gasteiger partial charge >= 0.3 is 0 Å². The van der Waals surface area contributed by atoms with E-state index in [-0.39, 0.29) is 11.0 Å². The Bertz CT molecular complexity index is 675. The minimum absolute atomic E-state index is 0.204. The number of carbonyl (C=O) groups excluding carboxylic acids is 1. The summed E-state index contributed by atoms with van der Waals surface area (Å²) in [6.07, 6.45) is 2.65. The van der Waals surface area contributed by atoms with Crippen molar-refractivity contribution in [3.05, 3.63) is 51.7 Å². The molecule has 0 atom stereocenters. The third kappa shape index (κ3) is 5.76. The number of benzene rings is 1. The molecule has 23 heavy (non-hydrogen) atoms. The fourth-order valence-electron chi connectivity index (χ4n) is 1.70. The van der Waals surface area contributed by atoms with Gasteiger partial charge in [-0.15, -0.1) is 0 Å². The molecule has 2 N–H and O–H groups in total. The highest BCUT2D eigenvalue weighted by Gasteiger charge is 2.08. The highest BCUT2D eigenvalue weighted by molar-refractivity contribution is 14.1. The van der Waals surface area contributed by atoms with Gasteiger partial charge in [0.2, 0.25) is 0 Å². The van der Waals surface area contributed by atoms with Gasteiger partial charge in [0, 0.05) is 15.3 Å². The van der Waals surface area contributed by atoms with E-state index in [0.717, 1.165) is 15.7 Å². The van der Waals surface area contributed by atoms with Crippen LogP contribution < -0.4 is 15.4 Å². The number of anilines is 1. The maximum atomic E-state index is 12.1. The Hall–Kier alpha value is -1.74. The number of hydrogen-bond acceptors (Lipinski definition) is 4. The van der Waals surface area contributed by atoms with Gasteiger partial charge in [-0.3, -0.25) is 10.1 Å². The third-order valence-electron chi connectivity index (χ3n) is 2.79. The molecule has 0 aliphatic heterocycles. The van der Waals surface area contributed by atoms with Crippen molar-refractivity contribution in [2.75, 3.05) is 11.9 Å². The summed E-state index contributed by atoms with van der Waals surface area (Å²) >= 11 is 7.28. The highest BCUT2D eigenvalue weighted by atomic mass is 127. The predicted molar refractivity (Wildman–Crippen MR) is 103 cm³/mol. The number of rotatable bonds is 5. The van der Waals surface area contributed by atoms with Gasteiger partial charge in [0.25, 0.3) is 5.91 Å². The minimum atomic E-state index is -0.282. The molecule has 0 aliphatic carbocycles. The number of thiocarbonyl (C=S) groups is 1. The first-order valence-electron chi connectivity index (χ1n) is 7.05. The van der Waals surface area contributed by atoms with Crippen LogP contribution in [-0.4, -0.2) is 22.6 Å². The molecule has 0 aliphatic rings. The molecule has 7 heteroatoms. The standard InChI is InChI=1S/C16H16IN3O2S/c1-2-9-22-13-6-3-11(4-7-13)15(21)20-16(23)19-14-8-5-12(17)10-18-14/h3-8,10H,2,9H2,1H3,(H2,18,19,20,21,23). The lowest BCUT2D eigenvalue weighted by Crippen LogP contribution is -2.34. The van der Waals surface area contributed by atoms with E-state index >= 15 is 0 Å². The van der Waals surface area contributed by atoms with Gasteiger partial charge in [0.05, 0.1) is 6.61 Å². The fraction of sp³-hybridized carbons (Fsp3) is 0.188. The van der Waals surface area contributed by atoms with E-state index in [4.69, 9.17) is 17.0 Å². The van der Waals surface area contributed by atoms with Crippen molar-refractivity contribution in [3.63, 3.8) is 0 Å². The monoisotopic (exact) mass is 441 g/mol. The summed E-state index contributed by atoms with van der Waals surface area (Å²) in [5.74, 6) is 1.04. The second kappa shape index (κ2) is 8.78. The quantitative estimate of drug-likeness (QED) is 0.549. The molecule has 1 amide bonds. The molecule has 0 bridgehead atoms. The highest BCUT2D eigenvalue weighted by Crippen LogP contribution is 2.12. The number of hydrogen-bond donors (Lipinski definition) is 2. The Morgan fingerprint density at radius 3 is 2.61 bits per heavy atom. The number of carbonyl (C=O) groups is 1. The van der Waals surface area contributed by atoms with Crippen LogP contribution in [0.2, 0.25) is 0 Å². The van der Waals surface area contributed by atoms with Gasteiger partial charge < -0.3 is 10.1 Å². The van der Waals surface area contributed by atoms with Gasteiger partial charge in [0.1, 0.15) is 11.6 Å². The lowest BCUT2D eigenvalue weighted by molar-refractivity contribution is 0.0977. The number of nitrogens with zero attached hydrogens (tertiary/aromatic N) is 1. The molecule has 2 aromatic rings. The van der Waals surface area contributed by atoms with Crippen molar-refractivity contribution in [2.45, 2.75) is 13.3 Å². The molecular formula is C16H16IN3O2S. The molecule has 5 nitrogen and oxygen atoms in total. The van der Waals surface area contributed by atoms with Crippen molar-refractivity contribution in [1.82, 2.24) is 10.3 Å². The molecule has 2 rings (SSSR count). The van der Waals surface area contributed by atoms with Crippen LogP contribution in [0, 0.1) is 3.57 Å². The third-order valence-corrected chi connectivity index (χ3v) is 3.63. The van der Waals surface area contributed by atoms with E-state index in [2.05, 4.69) is 38.2 Å². The van der Waals surface area contributed by atoms with Crippen molar-refractivity contribution in [2.24, 2.45) is 0 Å². The summed E-state index contributed by atoms with van der Waals surface area (Å²) in [5, 5.41) is 5.69. The summed E-state index contributed by atoms with van der Waals surface area (Å²) in [6.45, 7) is 2.70. The van der Waals surface area contributed by atoms with Gasteiger partial charge in [-0.1, -0.05) is 6.92 Å². The van der Waals surface area contributed by atoms with Crippen molar-refractivity contribution in [3.8, 4) is 5.75 Å². The Morgan fingerprint density at radius 1 is 1.26 bits per heavy atom. The number of ether oxygens (including phenoxy) is 1. The summed E-state index contributed by atoms with van der Waals surface area (Å²) < 4.78 is 6.50. The van der Waals surface area contributed by atoms with E-state index in [1.54, 1.807) is 36.5 Å². The van der Waals surface area contributed by atoms with Crippen LogP contribution in [0.15, 0.2) is 42.6 Å². The number of amides is 1. The first-order valence-corrected chi connectivity index (χ1v) is 8.54. The fourth-order valence-corrected chi connectivity index (χ4v) is 2.21. The van der Waals surface area contributed by atoms with Gasteiger partial charge in [-0.2, -0.15) is 0 Å². The molecule has 120 valence electrons. The normalized spacial score (nSPS) is 10.0. The van der Waals surface area contributed by atoms with Crippen LogP contribution in [0.25, 0.3) is 0 Å². The van der Waals surface area contributed by atoms with E-state index in [0.29, 0.717) is 18.0 Å². The molecule has 1 aromatic heterocycles. The Labute approximate surface area is 154 Å². The van der Waals surface area contributed by atoms with Crippen LogP contribution in [0.1, 0.15) is 23.7 Å². The molecule has 1 heterocycles. The average Bonchev–Trinajstić information content (AvgIpc) is 2.55. The smallest absolute Gasteiger partial charge is 0.257 e. The van der Waals surface area contributed by atoms with Gasteiger partial charge in [0.15, 0.2) is 5.11 Å². The summed E-state index contributed by atoms with van der Waals surface area (Å²) in [5.41, 5.74) is 0.508. The van der Waals surface area contributed by atoms with Crippen LogP contribution in [-0.2, 0) is 0 Å². The molecule has 1 aromatic carbocycles. The van der Waals surface area contributed by atoms with E-state index in [1.165, 1.54) is 0 Å². The zero-order valence-corrected chi connectivity index (χ0v) is 15.5.